The van der Waals surface area contributed by atoms with Crippen LogP contribution < -0.4 is 0 Å². The van der Waals surface area contributed by atoms with Gasteiger partial charge in [-0.3, -0.25) is 0 Å². The molecule has 8 nitrogen and oxygen atoms in total. The van der Waals surface area contributed by atoms with Crippen LogP contribution in [0.25, 0.3) is 55.6 Å². The van der Waals surface area contributed by atoms with Gasteiger partial charge in [0.15, 0.2) is 0 Å². The number of rotatable bonds is 9. The maximum Gasteiger partial charge on any atom is 0.336 e. The molecule has 0 spiro atoms. The number of hydrogen-bond donors (Lipinski definition) is 4. The molecule has 0 saturated carbocycles. The molecule has 0 heterocycles. The molecule has 0 aromatic heterocycles. The molecule has 0 aliphatic carbocycles. The monoisotopic (exact) mass is 634 g/mol. The number of carboxylic acids is 4. The first kappa shape index (κ1) is 31.2. The fourth-order valence-electron chi connectivity index (χ4n) is 6.14. The topological polar surface area (TPSA) is 149 Å². The van der Waals surface area contributed by atoms with Crippen molar-refractivity contribution in [1.29, 1.82) is 0 Å². The Morgan fingerprint density at radius 1 is 0.312 bits per heavy atom. The number of benzene rings is 6. The van der Waals surface area contributed by atoms with Gasteiger partial charge in [-0.2, -0.15) is 0 Å². The van der Waals surface area contributed by atoms with Gasteiger partial charge in [0.2, 0.25) is 0 Å². The summed E-state index contributed by atoms with van der Waals surface area (Å²) in [4.78, 5) is 51.0. The molecular formula is C40H26O8. The molecule has 0 bridgehead atoms. The molecule has 0 amide bonds. The van der Waals surface area contributed by atoms with Crippen molar-refractivity contribution in [2.24, 2.45) is 0 Å². The quantitative estimate of drug-likeness (QED) is 0.123. The minimum atomic E-state index is -1.27. The molecule has 6 aromatic carbocycles. The Kier molecular flexibility index (Phi) is 8.38. The second-order valence-corrected chi connectivity index (χ2v) is 10.9. The van der Waals surface area contributed by atoms with Crippen LogP contribution in [0.1, 0.15) is 41.4 Å². The Balaban J connectivity index is 2.00. The highest BCUT2D eigenvalue weighted by molar-refractivity contribution is 6.15. The SMILES string of the molecule is O=C(O)c1ccccc1-c1cc(-c2ccccc2)c(-c2ccccc2C(=O)O)c(-c2ccccc2C(=O)O)c1-c1ccccc1C(=O)O. The molecule has 0 atom stereocenters. The smallest absolute Gasteiger partial charge is 0.336 e. The molecule has 0 fully saturated rings. The summed E-state index contributed by atoms with van der Waals surface area (Å²) in [6.07, 6.45) is 0. The summed E-state index contributed by atoms with van der Waals surface area (Å²) < 4.78 is 0. The lowest BCUT2D eigenvalue weighted by Crippen LogP contribution is -2.08. The summed E-state index contributed by atoms with van der Waals surface area (Å²) >= 11 is 0. The maximum atomic E-state index is 12.8. The van der Waals surface area contributed by atoms with Crippen LogP contribution in [0.3, 0.4) is 0 Å². The molecule has 0 aliphatic heterocycles. The van der Waals surface area contributed by atoms with Gasteiger partial charge in [0.1, 0.15) is 0 Å². The second kappa shape index (κ2) is 12.9. The van der Waals surface area contributed by atoms with Crippen LogP contribution in [0.5, 0.6) is 0 Å². The molecule has 6 aromatic rings. The van der Waals surface area contributed by atoms with Crippen molar-refractivity contribution < 1.29 is 39.6 Å². The average Bonchev–Trinajstić information content (AvgIpc) is 3.11. The summed E-state index contributed by atoms with van der Waals surface area (Å²) in [5.41, 5.74) is 2.71. The standard InChI is InChI=1S/C40H26O8/c41-37(42)28-18-8-4-14-24(28)33-22-32(23-12-2-1-3-13-23)34(25-15-5-9-19-29(25)38(43)44)36(27-17-7-11-21-31(27)40(47)48)35(33)26-16-6-10-20-30(26)39(45)46/h1-22H,(H,41,42)(H,43,44)(H,45,46)(H,47,48). The molecule has 0 unspecified atom stereocenters. The molecule has 0 radical (unpaired) electrons. The number of hydrogen-bond acceptors (Lipinski definition) is 4. The van der Waals surface area contributed by atoms with Gasteiger partial charge in [0.25, 0.3) is 0 Å². The molecule has 48 heavy (non-hydrogen) atoms. The molecule has 8 heteroatoms. The van der Waals surface area contributed by atoms with Gasteiger partial charge in [-0.25, -0.2) is 19.2 Å². The lowest BCUT2D eigenvalue weighted by atomic mass is 9.76. The molecule has 0 aliphatic rings. The van der Waals surface area contributed by atoms with Gasteiger partial charge in [-0.05, 0) is 86.0 Å². The van der Waals surface area contributed by atoms with Crippen molar-refractivity contribution in [2.45, 2.75) is 0 Å². The third-order valence-corrected chi connectivity index (χ3v) is 8.14. The zero-order chi connectivity index (χ0) is 33.9. The Morgan fingerprint density at radius 2 is 0.625 bits per heavy atom. The van der Waals surface area contributed by atoms with Gasteiger partial charge in [-0.15, -0.1) is 0 Å². The molecule has 4 N–H and O–H groups in total. The van der Waals surface area contributed by atoms with E-state index in [1.54, 1.807) is 91.0 Å². The van der Waals surface area contributed by atoms with Crippen LogP contribution in [-0.2, 0) is 0 Å². The van der Waals surface area contributed by atoms with Crippen LogP contribution in [0.15, 0.2) is 133 Å². The van der Waals surface area contributed by atoms with Gasteiger partial charge < -0.3 is 20.4 Å². The van der Waals surface area contributed by atoms with E-state index in [0.717, 1.165) is 0 Å². The van der Waals surface area contributed by atoms with E-state index in [4.69, 9.17) is 0 Å². The Morgan fingerprint density at radius 3 is 1.04 bits per heavy atom. The van der Waals surface area contributed by atoms with E-state index in [9.17, 15) is 39.6 Å². The summed E-state index contributed by atoms with van der Waals surface area (Å²) in [7, 11) is 0. The van der Waals surface area contributed by atoms with Crippen molar-refractivity contribution in [3.05, 3.63) is 156 Å². The largest absolute Gasteiger partial charge is 0.478 e. The van der Waals surface area contributed by atoms with Crippen molar-refractivity contribution in [3.63, 3.8) is 0 Å². The Labute approximate surface area is 274 Å². The van der Waals surface area contributed by atoms with Crippen LogP contribution in [0, 0.1) is 0 Å². The molecule has 6 rings (SSSR count). The van der Waals surface area contributed by atoms with Crippen molar-refractivity contribution in [1.82, 2.24) is 0 Å². The summed E-state index contributed by atoms with van der Waals surface area (Å²) in [5, 5.41) is 41.6. The molecule has 0 saturated heterocycles. The van der Waals surface area contributed by atoms with Gasteiger partial charge in [0.05, 0.1) is 22.3 Å². The number of aromatic carboxylic acids is 4. The van der Waals surface area contributed by atoms with Crippen molar-refractivity contribution in [2.75, 3.05) is 0 Å². The van der Waals surface area contributed by atoms with Crippen LogP contribution in [0.2, 0.25) is 0 Å². The first-order chi connectivity index (χ1) is 23.2. The van der Waals surface area contributed by atoms with E-state index in [1.165, 1.54) is 24.3 Å². The highest BCUT2D eigenvalue weighted by atomic mass is 16.4. The first-order valence-corrected chi connectivity index (χ1v) is 14.8. The van der Waals surface area contributed by atoms with Crippen LogP contribution in [0.4, 0.5) is 0 Å². The van der Waals surface area contributed by atoms with E-state index in [1.807, 2.05) is 18.2 Å². The Bertz CT molecular complexity index is 2250. The fraction of sp³-hybridized carbons (Fsp3) is 0. The Hall–Kier alpha value is -6.80. The summed E-state index contributed by atoms with van der Waals surface area (Å²) in [6.45, 7) is 0. The zero-order valence-electron chi connectivity index (χ0n) is 25.1. The third-order valence-electron chi connectivity index (χ3n) is 8.14. The van der Waals surface area contributed by atoms with Crippen molar-refractivity contribution in [3.8, 4) is 55.6 Å². The minimum Gasteiger partial charge on any atom is -0.478 e. The fourth-order valence-corrected chi connectivity index (χ4v) is 6.14. The lowest BCUT2D eigenvalue weighted by molar-refractivity contribution is 0.0686. The molecular weight excluding hydrogens is 608 g/mol. The summed E-state index contributed by atoms with van der Waals surface area (Å²) in [5.74, 6) is -4.98. The highest BCUT2D eigenvalue weighted by Crippen LogP contribution is 2.52. The van der Waals surface area contributed by atoms with Crippen molar-refractivity contribution >= 4 is 23.9 Å². The van der Waals surface area contributed by atoms with Crippen LogP contribution >= 0.6 is 0 Å². The van der Waals surface area contributed by atoms with E-state index in [-0.39, 0.29) is 55.6 Å². The maximum absolute atomic E-state index is 12.8. The van der Waals surface area contributed by atoms with Gasteiger partial charge >= 0.3 is 23.9 Å². The zero-order valence-corrected chi connectivity index (χ0v) is 25.1. The van der Waals surface area contributed by atoms with Crippen LogP contribution in [-0.4, -0.2) is 44.3 Å². The van der Waals surface area contributed by atoms with E-state index in [2.05, 4.69) is 0 Å². The second-order valence-electron chi connectivity index (χ2n) is 10.9. The van der Waals surface area contributed by atoms with E-state index >= 15 is 0 Å². The van der Waals surface area contributed by atoms with E-state index in [0.29, 0.717) is 22.3 Å². The third kappa shape index (κ3) is 5.59. The summed E-state index contributed by atoms with van der Waals surface area (Å²) in [6, 6.07) is 35.7. The van der Waals surface area contributed by atoms with Gasteiger partial charge in [0, 0.05) is 0 Å². The number of carboxylic acid groups (broad SMARTS) is 4. The average molecular weight is 635 g/mol. The predicted molar refractivity (Wildman–Crippen MR) is 181 cm³/mol. The lowest BCUT2D eigenvalue weighted by Gasteiger charge is -2.26. The van der Waals surface area contributed by atoms with E-state index < -0.39 is 23.9 Å². The van der Waals surface area contributed by atoms with Gasteiger partial charge in [-0.1, -0.05) is 103 Å². The highest BCUT2D eigenvalue weighted by Gasteiger charge is 2.30. The minimum absolute atomic E-state index is 0.0678. The normalized spacial score (nSPS) is 10.8. The molecule has 234 valence electrons. The predicted octanol–water partition coefficient (Wildman–Crippen LogP) is 8.81. The first-order valence-electron chi connectivity index (χ1n) is 14.8. The number of carbonyl (C=O) groups is 4.